The average Bonchev–Trinajstić information content (AvgIpc) is 2.48. The molecule has 1 unspecified atom stereocenters. The number of hydrogen-bond donors (Lipinski definition) is 3. The van der Waals surface area contributed by atoms with Crippen LogP contribution < -0.4 is 5.73 Å². The molecule has 0 radical (unpaired) electrons. The summed E-state index contributed by atoms with van der Waals surface area (Å²) in [5.41, 5.74) is 4.86. The van der Waals surface area contributed by atoms with Crippen molar-refractivity contribution in [3.05, 3.63) is 0 Å². The van der Waals surface area contributed by atoms with E-state index in [1.807, 2.05) is 13.8 Å². The van der Waals surface area contributed by atoms with Gasteiger partial charge in [0.1, 0.15) is 5.41 Å². The van der Waals surface area contributed by atoms with Crippen LogP contribution in [0.25, 0.3) is 0 Å². The molecule has 6 heteroatoms. The minimum atomic E-state index is -0.910. The van der Waals surface area contributed by atoms with Gasteiger partial charge in [-0.1, -0.05) is 19.0 Å². The second-order valence-electron chi connectivity index (χ2n) is 5.64. The van der Waals surface area contributed by atoms with Gasteiger partial charge in [0.05, 0.1) is 6.10 Å². The Balaban J connectivity index is 2.83. The molecule has 4 N–H and O–H groups in total. The first-order chi connectivity index (χ1) is 9.42. The van der Waals surface area contributed by atoms with Crippen LogP contribution in [0.5, 0.6) is 0 Å². The van der Waals surface area contributed by atoms with Gasteiger partial charge in [-0.05, 0) is 38.5 Å². The van der Waals surface area contributed by atoms with Crippen LogP contribution in [-0.2, 0) is 4.79 Å². The average molecular weight is 285 g/mol. The number of aliphatic hydroxyl groups excluding tert-OH is 1. The smallest absolute Gasteiger partial charge is 0.236 e. The standard InChI is InChI=1S/C14H27N3O3/c1-4-14(5-2,12(15)16-20)13(19)17-8-6-11(7-9-17)10(3)18/h10-11,18,20H,4-9H2,1-3H3,(H2,15,16). The summed E-state index contributed by atoms with van der Waals surface area (Å²) in [4.78, 5) is 14.5. The Hall–Kier alpha value is -1.30. The maximum Gasteiger partial charge on any atom is 0.236 e. The van der Waals surface area contributed by atoms with Crippen LogP contribution in [0, 0.1) is 11.3 Å². The molecule has 116 valence electrons. The molecule has 0 aromatic heterocycles. The summed E-state index contributed by atoms with van der Waals surface area (Å²) in [6.07, 6.45) is 2.27. The Morgan fingerprint density at radius 1 is 1.40 bits per heavy atom. The second-order valence-corrected chi connectivity index (χ2v) is 5.64. The minimum Gasteiger partial charge on any atom is -0.409 e. The van der Waals surface area contributed by atoms with Crippen molar-refractivity contribution in [2.24, 2.45) is 22.2 Å². The largest absolute Gasteiger partial charge is 0.409 e. The van der Waals surface area contributed by atoms with E-state index in [1.54, 1.807) is 11.8 Å². The van der Waals surface area contributed by atoms with Crippen molar-refractivity contribution >= 4 is 11.7 Å². The predicted octanol–water partition coefficient (Wildman–Crippen LogP) is 1.16. The van der Waals surface area contributed by atoms with Gasteiger partial charge in [-0.15, -0.1) is 0 Å². The van der Waals surface area contributed by atoms with Gasteiger partial charge in [-0.25, -0.2) is 0 Å². The Morgan fingerprint density at radius 3 is 2.25 bits per heavy atom. The maximum absolute atomic E-state index is 12.8. The van der Waals surface area contributed by atoms with E-state index >= 15 is 0 Å². The van der Waals surface area contributed by atoms with Gasteiger partial charge in [-0.3, -0.25) is 4.79 Å². The molecule has 6 nitrogen and oxygen atoms in total. The highest BCUT2D eigenvalue weighted by Gasteiger charge is 2.43. The first-order valence-electron chi connectivity index (χ1n) is 7.38. The SMILES string of the molecule is CCC(CC)(C(=O)N1CCC(C(C)O)CC1)C(N)=NO. The van der Waals surface area contributed by atoms with E-state index in [4.69, 9.17) is 10.9 Å². The highest BCUT2D eigenvalue weighted by molar-refractivity contribution is 6.06. The van der Waals surface area contributed by atoms with Crippen molar-refractivity contribution in [2.75, 3.05) is 13.1 Å². The van der Waals surface area contributed by atoms with Crippen LogP contribution in [0.2, 0.25) is 0 Å². The summed E-state index contributed by atoms with van der Waals surface area (Å²) in [5.74, 6) is 0.174. The Kier molecular flexibility index (Phi) is 5.80. The fourth-order valence-electron chi connectivity index (χ4n) is 3.01. The maximum atomic E-state index is 12.8. The fraction of sp³-hybridized carbons (Fsp3) is 0.857. The molecule has 1 amide bonds. The molecule has 1 atom stereocenters. The molecule has 0 aromatic carbocycles. The van der Waals surface area contributed by atoms with E-state index in [9.17, 15) is 9.90 Å². The second kappa shape index (κ2) is 6.92. The minimum absolute atomic E-state index is 0.00912. The van der Waals surface area contributed by atoms with Gasteiger partial charge in [-0.2, -0.15) is 0 Å². The van der Waals surface area contributed by atoms with Gasteiger partial charge in [0.2, 0.25) is 5.91 Å². The number of amides is 1. The zero-order valence-electron chi connectivity index (χ0n) is 12.7. The van der Waals surface area contributed by atoms with Gasteiger partial charge in [0, 0.05) is 13.1 Å². The molecular formula is C14H27N3O3. The van der Waals surface area contributed by atoms with Crippen molar-refractivity contribution < 1.29 is 15.1 Å². The third kappa shape index (κ3) is 3.06. The Labute approximate surface area is 120 Å². The zero-order chi connectivity index (χ0) is 15.3. The van der Waals surface area contributed by atoms with Gasteiger partial charge in [0.25, 0.3) is 0 Å². The molecule has 1 saturated heterocycles. The van der Waals surface area contributed by atoms with Crippen LogP contribution in [-0.4, -0.2) is 46.1 Å². The lowest BCUT2D eigenvalue weighted by molar-refractivity contribution is -0.140. The number of piperidine rings is 1. The summed E-state index contributed by atoms with van der Waals surface area (Å²) >= 11 is 0. The zero-order valence-corrected chi connectivity index (χ0v) is 12.7. The predicted molar refractivity (Wildman–Crippen MR) is 77.4 cm³/mol. The van der Waals surface area contributed by atoms with Crippen molar-refractivity contribution in [1.82, 2.24) is 4.90 Å². The number of hydrogen-bond acceptors (Lipinski definition) is 4. The lowest BCUT2D eigenvalue weighted by atomic mass is 9.78. The first-order valence-corrected chi connectivity index (χ1v) is 7.38. The third-order valence-corrected chi connectivity index (χ3v) is 4.72. The van der Waals surface area contributed by atoms with Crippen molar-refractivity contribution in [3.8, 4) is 0 Å². The van der Waals surface area contributed by atoms with E-state index in [0.717, 1.165) is 12.8 Å². The van der Waals surface area contributed by atoms with E-state index in [1.165, 1.54) is 0 Å². The van der Waals surface area contributed by atoms with Crippen molar-refractivity contribution in [3.63, 3.8) is 0 Å². The number of nitrogens with two attached hydrogens (primary N) is 1. The molecule has 0 bridgehead atoms. The van der Waals surface area contributed by atoms with Gasteiger partial charge >= 0.3 is 0 Å². The number of nitrogens with zero attached hydrogens (tertiary/aromatic N) is 2. The number of carbonyl (C=O) groups excluding carboxylic acids is 1. The summed E-state index contributed by atoms with van der Waals surface area (Å²) in [5, 5.41) is 21.6. The van der Waals surface area contributed by atoms with E-state index in [0.29, 0.717) is 25.9 Å². The van der Waals surface area contributed by atoms with Crippen LogP contribution in [0.15, 0.2) is 5.16 Å². The number of rotatable bonds is 5. The number of likely N-dealkylation sites (tertiary alicyclic amines) is 1. The highest BCUT2D eigenvalue weighted by atomic mass is 16.4. The molecule has 1 aliphatic heterocycles. The lowest BCUT2D eigenvalue weighted by Gasteiger charge is -2.39. The highest BCUT2D eigenvalue weighted by Crippen LogP contribution is 2.32. The third-order valence-electron chi connectivity index (χ3n) is 4.72. The fourth-order valence-corrected chi connectivity index (χ4v) is 3.01. The van der Waals surface area contributed by atoms with Crippen molar-refractivity contribution in [1.29, 1.82) is 0 Å². The molecule has 1 fully saturated rings. The molecule has 1 aliphatic rings. The van der Waals surface area contributed by atoms with Gasteiger partial charge in [0.15, 0.2) is 5.84 Å². The molecule has 20 heavy (non-hydrogen) atoms. The number of carbonyl (C=O) groups is 1. The normalized spacial score (nSPS) is 20.0. The van der Waals surface area contributed by atoms with Crippen LogP contribution in [0.4, 0.5) is 0 Å². The van der Waals surface area contributed by atoms with Crippen LogP contribution in [0.3, 0.4) is 0 Å². The molecule has 0 spiro atoms. The summed E-state index contributed by atoms with van der Waals surface area (Å²) < 4.78 is 0. The van der Waals surface area contributed by atoms with Crippen molar-refractivity contribution in [2.45, 2.75) is 52.6 Å². The molecular weight excluding hydrogens is 258 g/mol. The number of oxime groups is 1. The van der Waals surface area contributed by atoms with E-state index in [-0.39, 0.29) is 23.8 Å². The van der Waals surface area contributed by atoms with Crippen LogP contribution in [0.1, 0.15) is 46.5 Å². The topological polar surface area (TPSA) is 99.2 Å². The molecule has 0 saturated carbocycles. The first kappa shape index (κ1) is 16.8. The monoisotopic (exact) mass is 285 g/mol. The molecule has 1 rings (SSSR count). The van der Waals surface area contributed by atoms with Crippen LogP contribution >= 0.6 is 0 Å². The summed E-state index contributed by atoms with van der Waals surface area (Å²) in [6.45, 7) is 6.79. The molecule has 0 aromatic rings. The van der Waals surface area contributed by atoms with E-state index in [2.05, 4.69) is 5.16 Å². The lowest BCUT2D eigenvalue weighted by Crippen LogP contribution is -2.53. The quantitative estimate of drug-likeness (QED) is 0.305. The number of aliphatic hydroxyl groups is 1. The summed E-state index contributed by atoms with van der Waals surface area (Å²) in [7, 11) is 0. The summed E-state index contributed by atoms with van der Waals surface area (Å²) in [6, 6.07) is 0. The molecule has 1 heterocycles. The van der Waals surface area contributed by atoms with E-state index < -0.39 is 5.41 Å². The Bertz CT molecular complexity index is 357. The van der Waals surface area contributed by atoms with Gasteiger partial charge < -0.3 is 20.9 Å². The number of amidine groups is 1. The Morgan fingerprint density at radius 2 is 1.90 bits per heavy atom. The molecule has 0 aliphatic carbocycles.